The molecule has 0 spiro atoms. The monoisotopic (exact) mass is 425 g/mol. The fourth-order valence-corrected chi connectivity index (χ4v) is 3.51. The molecule has 6 heteroatoms. The van der Waals surface area contributed by atoms with Crippen LogP contribution in [0.3, 0.4) is 0 Å². The first-order valence-electron chi connectivity index (χ1n) is 10.1. The molecule has 1 aromatic heterocycles. The molecule has 0 aliphatic carbocycles. The number of hydrogen-bond acceptors (Lipinski definition) is 2. The molecule has 158 valence electrons. The molecule has 0 aliphatic heterocycles. The first kappa shape index (κ1) is 21.9. The number of rotatable bonds is 9. The Balaban J connectivity index is 1.75. The number of methoxy groups -OCH3 is 1. The van der Waals surface area contributed by atoms with Crippen molar-refractivity contribution in [2.45, 2.75) is 26.4 Å². The van der Waals surface area contributed by atoms with E-state index < -0.39 is 0 Å². The Morgan fingerprint density at radius 1 is 1.10 bits per heavy atom. The van der Waals surface area contributed by atoms with Gasteiger partial charge < -0.3 is 19.5 Å². The molecule has 0 unspecified atom stereocenters. The van der Waals surface area contributed by atoms with Gasteiger partial charge in [0.15, 0.2) is 0 Å². The summed E-state index contributed by atoms with van der Waals surface area (Å²) in [7, 11) is 1.67. The second kappa shape index (κ2) is 10.9. The van der Waals surface area contributed by atoms with Crippen molar-refractivity contribution in [3.05, 3.63) is 88.7 Å². The van der Waals surface area contributed by atoms with Crippen LogP contribution >= 0.6 is 11.6 Å². The van der Waals surface area contributed by atoms with Gasteiger partial charge in [0.25, 0.3) is 0 Å². The number of hydrogen-bond donors (Lipinski definition) is 1. The van der Waals surface area contributed by atoms with Gasteiger partial charge in [0.2, 0.25) is 0 Å². The molecule has 0 aliphatic rings. The van der Waals surface area contributed by atoms with Crippen LogP contribution in [0.1, 0.15) is 23.2 Å². The molecule has 3 rings (SSSR count). The van der Waals surface area contributed by atoms with Crippen LogP contribution in [0.15, 0.2) is 66.9 Å². The average molecular weight is 426 g/mol. The summed E-state index contributed by atoms with van der Waals surface area (Å²) < 4.78 is 7.31. The standard InChI is InChI=1S/C24H28ClN3O2/c1-19-9-3-6-13-23(19)26-24(29)28(15-8-16-30-2)18-21-11-7-14-27(21)17-20-10-4-5-12-22(20)25/h3-7,9-14H,8,15-18H2,1-2H3,(H,26,29). The summed E-state index contributed by atoms with van der Waals surface area (Å²) in [6.07, 6.45) is 2.79. The van der Waals surface area contributed by atoms with Crippen LogP contribution in [0.2, 0.25) is 5.02 Å². The van der Waals surface area contributed by atoms with E-state index in [1.807, 2.05) is 78.7 Å². The molecule has 0 fully saturated rings. The van der Waals surface area contributed by atoms with Gasteiger partial charge in [-0.1, -0.05) is 48.0 Å². The lowest BCUT2D eigenvalue weighted by Crippen LogP contribution is -2.36. The normalized spacial score (nSPS) is 10.8. The van der Waals surface area contributed by atoms with E-state index in [1.54, 1.807) is 7.11 Å². The van der Waals surface area contributed by atoms with E-state index in [0.717, 1.165) is 34.0 Å². The fourth-order valence-electron chi connectivity index (χ4n) is 3.31. The summed E-state index contributed by atoms with van der Waals surface area (Å²) >= 11 is 6.34. The maximum atomic E-state index is 13.1. The molecule has 1 heterocycles. The van der Waals surface area contributed by atoms with Gasteiger partial charge in [-0.15, -0.1) is 0 Å². The van der Waals surface area contributed by atoms with Gasteiger partial charge >= 0.3 is 6.03 Å². The van der Waals surface area contributed by atoms with Crippen LogP contribution in [0.25, 0.3) is 0 Å². The third-order valence-corrected chi connectivity index (χ3v) is 5.39. The second-order valence-electron chi connectivity index (χ2n) is 7.23. The van der Waals surface area contributed by atoms with Gasteiger partial charge in [-0.05, 0) is 48.7 Å². The fraction of sp³-hybridized carbons (Fsp3) is 0.292. The van der Waals surface area contributed by atoms with E-state index in [-0.39, 0.29) is 6.03 Å². The molecule has 2 amide bonds. The zero-order valence-corrected chi connectivity index (χ0v) is 18.2. The summed E-state index contributed by atoms with van der Waals surface area (Å²) in [6, 6.07) is 19.5. The number of urea groups is 1. The van der Waals surface area contributed by atoms with Gasteiger partial charge in [-0.25, -0.2) is 4.79 Å². The topological polar surface area (TPSA) is 46.5 Å². The summed E-state index contributed by atoms with van der Waals surface area (Å²) in [5.41, 5.74) is 3.95. The summed E-state index contributed by atoms with van der Waals surface area (Å²) in [4.78, 5) is 14.9. The minimum atomic E-state index is -0.120. The van der Waals surface area contributed by atoms with Crippen LogP contribution in [0.4, 0.5) is 10.5 Å². The van der Waals surface area contributed by atoms with E-state index in [4.69, 9.17) is 16.3 Å². The van der Waals surface area contributed by atoms with Crippen molar-refractivity contribution in [3.63, 3.8) is 0 Å². The van der Waals surface area contributed by atoms with Crippen molar-refractivity contribution >= 4 is 23.3 Å². The highest BCUT2D eigenvalue weighted by Gasteiger charge is 2.17. The first-order valence-corrected chi connectivity index (χ1v) is 10.4. The van der Waals surface area contributed by atoms with E-state index in [1.165, 1.54) is 0 Å². The van der Waals surface area contributed by atoms with Crippen LogP contribution < -0.4 is 5.32 Å². The number of para-hydroxylation sites is 1. The molecule has 0 atom stereocenters. The third-order valence-electron chi connectivity index (χ3n) is 5.03. The lowest BCUT2D eigenvalue weighted by molar-refractivity contribution is 0.171. The highest BCUT2D eigenvalue weighted by atomic mass is 35.5. The van der Waals surface area contributed by atoms with Crippen molar-refractivity contribution in [3.8, 4) is 0 Å². The summed E-state index contributed by atoms with van der Waals surface area (Å²) in [5, 5.41) is 3.79. The van der Waals surface area contributed by atoms with Crippen molar-refractivity contribution in [2.24, 2.45) is 0 Å². The van der Waals surface area contributed by atoms with E-state index in [9.17, 15) is 4.79 Å². The average Bonchev–Trinajstić information content (AvgIpc) is 3.17. The number of nitrogens with one attached hydrogen (secondary N) is 1. The van der Waals surface area contributed by atoms with Crippen molar-refractivity contribution < 1.29 is 9.53 Å². The quantitative estimate of drug-likeness (QED) is 0.455. The number of amides is 2. The molecule has 1 N–H and O–H groups in total. The Hall–Kier alpha value is -2.76. The van der Waals surface area contributed by atoms with Crippen molar-refractivity contribution in [1.29, 1.82) is 0 Å². The zero-order chi connectivity index (χ0) is 21.3. The number of aryl methyl sites for hydroxylation is 1. The number of nitrogens with zero attached hydrogens (tertiary/aromatic N) is 2. The number of aromatic nitrogens is 1. The number of benzene rings is 2. The molecule has 0 bridgehead atoms. The zero-order valence-electron chi connectivity index (χ0n) is 17.5. The number of ether oxygens (including phenoxy) is 1. The number of carbonyl (C=O) groups is 1. The minimum absolute atomic E-state index is 0.120. The number of halogens is 1. The van der Waals surface area contributed by atoms with E-state index in [0.29, 0.717) is 26.2 Å². The van der Waals surface area contributed by atoms with E-state index in [2.05, 4.69) is 9.88 Å². The smallest absolute Gasteiger partial charge is 0.322 e. The van der Waals surface area contributed by atoms with Gasteiger partial charge in [0.1, 0.15) is 0 Å². The van der Waals surface area contributed by atoms with Crippen LogP contribution in [0, 0.1) is 6.92 Å². The Kier molecular flexibility index (Phi) is 7.94. The summed E-state index contributed by atoms with van der Waals surface area (Å²) in [6.45, 7) is 4.35. The number of carbonyl (C=O) groups excluding carboxylic acids is 1. The predicted octanol–water partition coefficient (Wildman–Crippen LogP) is 5.57. The Morgan fingerprint density at radius 2 is 1.87 bits per heavy atom. The molecule has 2 aromatic carbocycles. The Labute approximate surface area is 183 Å². The second-order valence-corrected chi connectivity index (χ2v) is 7.64. The Bertz CT molecular complexity index is 970. The molecular weight excluding hydrogens is 398 g/mol. The maximum Gasteiger partial charge on any atom is 0.322 e. The van der Waals surface area contributed by atoms with Crippen LogP contribution in [0.5, 0.6) is 0 Å². The molecule has 0 radical (unpaired) electrons. The molecule has 0 saturated heterocycles. The Morgan fingerprint density at radius 3 is 2.63 bits per heavy atom. The molecule has 5 nitrogen and oxygen atoms in total. The molecule has 30 heavy (non-hydrogen) atoms. The third kappa shape index (κ3) is 5.88. The van der Waals surface area contributed by atoms with Gasteiger partial charge in [-0.2, -0.15) is 0 Å². The lowest BCUT2D eigenvalue weighted by atomic mass is 10.2. The SMILES string of the molecule is COCCCN(Cc1cccn1Cc1ccccc1Cl)C(=O)Nc1ccccc1C. The minimum Gasteiger partial charge on any atom is -0.385 e. The molecular formula is C24H28ClN3O2. The highest BCUT2D eigenvalue weighted by Crippen LogP contribution is 2.19. The molecule has 3 aromatic rings. The predicted molar refractivity (Wildman–Crippen MR) is 122 cm³/mol. The first-order chi connectivity index (χ1) is 14.6. The number of anilines is 1. The van der Waals surface area contributed by atoms with Gasteiger partial charge in [0, 0.05) is 49.4 Å². The lowest BCUT2D eigenvalue weighted by Gasteiger charge is -2.24. The molecule has 0 saturated carbocycles. The van der Waals surface area contributed by atoms with Crippen LogP contribution in [-0.2, 0) is 17.8 Å². The van der Waals surface area contributed by atoms with E-state index >= 15 is 0 Å². The maximum absolute atomic E-state index is 13.1. The van der Waals surface area contributed by atoms with Crippen molar-refractivity contribution in [1.82, 2.24) is 9.47 Å². The van der Waals surface area contributed by atoms with Gasteiger partial charge in [0.05, 0.1) is 6.54 Å². The van der Waals surface area contributed by atoms with Crippen LogP contribution in [-0.4, -0.2) is 35.8 Å². The van der Waals surface area contributed by atoms with Gasteiger partial charge in [-0.3, -0.25) is 0 Å². The largest absolute Gasteiger partial charge is 0.385 e. The van der Waals surface area contributed by atoms with Crippen molar-refractivity contribution in [2.75, 3.05) is 25.6 Å². The summed E-state index contributed by atoms with van der Waals surface area (Å²) in [5.74, 6) is 0. The highest BCUT2D eigenvalue weighted by molar-refractivity contribution is 6.31.